The van der Waals surface area contributed by atoms with E-state index in [0.29, 0.717) is 29.6 Å². The van der Waals surface area contributed by atoms with E-state index in [1.807, 2.05) is 6.92 Å². The summed E-state index contributed by atoms with van der Waals surface area (Å²) >= 11 is 0. The van der Waals surface area contributed by atoms with E-state index in [-0.39, 0.29) is 12.0 Å². The molecule has 5 atom stereocenters. The molecule has 1 aliphatic heterocycles. The molecule has 3 fully saturated rings. The second-order valence-corrected chi connectivity index (χ2v) is 7.66. The van der Waals surface area contributed by atoms with Crippen LogP contribution >= 0.6 is 0 Å². The quantitative estimate of drug-likeness (QED) is 0.913. The molecule has 2 aliphatic carbocycles. The molecule has 2 saturated carbocycles. The Morgan fingerprint density at radius 3 is 2.87 bits per heavy atom. The summed E-state index contributed by atoms with van der Waals surface area (Å²) in [5.41, 5.74) is 6.35. The highest BCUT2D eigenvalue weighted by atomic mass is 16.5. The van der Waals surface area contributed by atoms with Gasteiger partial charge in [-0.05, 0) is 49.9 Å². The number of carbonyl (C=O) groups is 1. The maximum atomic E-state index is 13.0. The molecule has 2 heterocycles. The summed E-state index contributed by atoms with van der Waals surface area (Å²) in [5.74, 6) is 3.29. The van der Waals surface area contributed by atoms with Crippen LogP contribution in [0.15, 0.2) is 4.52 Å². The molecule has 2 bridgehead atoms. The van der Waals surface area contributed by atoms with E-state index < -0.39 is 0 Å². The molecule has 2 N–H and O–H groups in total. The number of piperidine rings is 1. The van der Waals surface area contributed by atoms with Gasteiger partial charge in [0.05, 0.1) is 5.92 Å². The maximum Gasteiger partial charge on any atom is 0.227 e. The number of aromatic nitrogens is 2. The molecule has 4 rings (SSSR count). The number of aryl methyl sites for hydroxylation is 1. The third-order valence-corrected chi connectivity index (χ3v) is 6.14. The lowest BCUT2D eigenvalue weighted by atomic mass is 9.83. The van der Waals surface area contributed by atoms with Gasteiger partial charge in [-0.1, -0.05) is 5.16 Å². The van der Waals surface area contributed by atoms with Gasteiger partial charge in [-0.15, -0.1) is 0 Å². The summed E-state index contributed by atoms with van der Waals surface area (Å²) in [6, 6.07) is 0.0847. The largest absolute Gasteiger partial charge is 0.342 e. The molecule has 6 heteroatoms. The average molecular weight is 318 g/mol. The Labute approximate surface area is 136 Å². The first-order valence-electron chi connectivity index (χ1n) is 8.95. The van der Waals surface area contributed by atoms with Crippen molar-refractivity contribution in [2.75, 3.05) is 13.1 Å². The fraction of sp³-hybridized carbons (Fsp3) is 0.824. The van der Waals surface area contributed by atoms with Crippen molar-refractivity contribution in [3.63, 3.8) is 0 Å². The van der Waals surface area contributed by atoms with Crippen LogP contribution in [0, 0.1) is 30.6 Å². The SMILES string of the molecule is Cc1nc(CC2CCCN(C(=O)C3C4CCC(C4)C3N)C2)no1. The first-order valence-corrected chi connectivity index (χ1v) is 8.95. The van der Waals surface area contributed by atoms with E-state index in [1.165, 1.54) is 12.8 Å². The highest BCUT2D eigenvalue weighted by Crippen LogP contribution is 2.48. The zero-order chi connectivity index (χ0) is 16.0. The third kappa shape index (κ3) is 2.77. The van der Waals surface area contributed by atoms with Gasteiger partial charge in [0.25, 0.3) is 0 Å². The van der Waals surface area contributed by atoms with Gasteiger partial charge in [-0.2, -0.15) is 4.98 Å². The van der Waals surface area contributed by atoms with Crippen molar-refractivity contribution in [2.45, 2.75) is 51.5 Å². The molecule has 1 aromatic heterocycles. The Hall–Kier alpha value is -1.43. The van der Waals surface area contributed by atoms with Crippen molar-refractivity contribution >= 4 is 5.91 Å². The van der Waals surface area contributed by atoms with Crippen molar-refractivity contribution in [1.82, 2.24) is 15.0 Å². The lowest BCUT2D eigenvalue weighted by Gasteiger charge is -2.37. The van der Waals surface area contributed by atoms with Crippen LogP contribution in [0.5, 0.6) is 0 Å². The number of likely N-dealkylation sites (tertiary alicyclic amines) is 1. The lowest BCUT2D eigenvalue weighted by molar-refractivity contribution is -0.139. The minimum atomic E-state index is 0.0694. The van der Waals surface area contributed by atoms with Crippen LogP contribution in [-0.2, 0) is 11.2 Å². The maximum absolute atomic E-state index is 13.0. The molecule has 1 aromatic rings. The number of nitrogens with two attached hydrogens (primary N) is 1. The standard InChI is InChI=1S/C17H26N4O2/c1-10-19-14(20-23-10)7-11-3-2-6-21(9-11)17(22)15-12-4-5-13(8-12)16(15)18/h11-13,15-16H,2-9,18H2,1H3. The Balaban J connectivity index is 1.40. The van der Waals surface area contributed by atoms with E-state index in [0.717, 1.165) is 44.6 Å². The van der Waals surface area contributed by atoms with Crippen LogP contribution in [0.2, 0.25) is 0 Å². The number of carbonyl (C=O) groups excluding carboxylic acids is 1. The smallest absolute Gasteiger partial charge is 0.227 e. The van der Waals surface area contributed by atoms with Crippen LogP contribution < -0.4 is 5.73 Å². The second-order valence-electron chi connectivity index (χ2n) is 7.66. The topological polar surface area (TPSA) is 85.2 Å². The number of fused-ring (bicyclic) bond motifs is 2. The van der Waals surface area contributed by atoms with E-state index in [9.17, 15) is 4.79 Å². The average Bonchev–Trinajstić information content (AvgIpc) is 3.23. The number of hydrogen-bond donors (Lipinski definition) is 1. The Morgan fingerprint density at radius 1 is 1.35 bits per heavy atom. The predicted molar refractivity (Wildman–Crippen MR) is 84.3 cm³/mol. The summed E-state index contributed by atoms with van der Waals surface area (Å²) in [5, 5.41) is 3.99. The zero-order valence-corrected chi connectivity index (χ0v) is 13.8. The van der Waals surface area contributed by atoms with Crippen LogP contribution in [0.25, 0.3) is 0 Å². The zero-order valence-electron chi connectivity index (χ0n) is 13.8. The molecule has 1 amide bonds. The van der Waals surface area contributed by atoms with Gasteiger partial charge in [0.15, 0.2) is 5.82 Å². The van der Waals surface area contributed by atoms with Crippen molar-refractivity contribution in [1.29, 1.82) is 0 Å². The molecular formula is C17H26N4O2. The van der Waals surface area contributed by atoms with E-state index in [4.69, 9.17) is 10.3 Å². The van der Waals surface area contributed by atoms with Gasteiger partial charge in [-0.3, -0.25) is 4.79 Å². The molecule has 0 radical (unpaired) electrons. The summed E-state index contributed by atoms with van der Waals surface area (Å²) < 4.78 is 5.05. The molecule has 0 aromatic carbocycles. The van der Waals surface area contributed by atoms with Gasteiger partial charge in [0, 0.05) is 32.5 Å². The van der Waals surface area contributed by atoms with Gasteiger partial charge in [-0.25, -0.2) is 0 Å². The first-order chi connectivity index (χ1) is 11.1. The fourth-order valence-electron chi connectivity index (χ4n) is 5.03. The fourth-order valence-corrected chi connectivity index (χ4v) is 5.03. The summed E-state index contributed by atoms with van der Waals surface area (Å²) in [7, 11) is 0. The Bertz CT molecular complexity index is 585. The van der Waals surface area contributed by atoms with Crippen molar-refractivity contribution in [3.8, 4) is 0 Å². The van der Waals surface area contributed by atoms with E-state index in [2.05, 4.69) is 15.0 Å². The third-order valence-electron chi connectivity index (χ3n) is 6.14. The van der Waals surface area contributed by atoms with Gasteiger partial charge < -0.3 is 15.2 Å². The van der Waals surface area contributed by atoms with E-state index >= 15 is 0 Å². The first kappa shape index (κ1) is 15.1. The van der Waals surface area contributed by atoms with Gasteiger partial charge in [0.1, 0.15) is 0 Å². The molecule has 0 spiro atoms. The Kier molecular flexibility index (Phi) is 3.87. The van der Waals surface area contributed by atoms with E-state index in [1.54, 1.807) is 0 Å². The summed E-state index contributed by atoms with van der Waals surface area (Å²) in [6.07, 6.45) is 6.55. The van der Waals surface area contributed by atoms with Gasteiger partial charge >= 0.3 is 0 Å². The number of nitrogens with zero attached hydrogens (tertiary/aromatic N) is 3. The number of hydrogen-bond acceptors (Lipinski definition) is 5. The molecule has 3 aliphatic rings. The highest BCUT2D eigenvalue weighted by molar-refractivity contribution is 5.80. The van der Waals surface area contributed by atoms with Crippen LogP contribution in [-0.4, -0.2) is 40.1 Å². The number of rotatable bonds is 3. The van der Waals surface area contributed by atoms with Crippen molar-refractivity contribution in [2.24, 2.45) is 29.4 Å². The second kappa shape index (κ2) is 5.89. The monoisotopic (exact) mass is 318 g/mol. The molecule has 1 saturated heterocycles. The highest BCUT2D eigenvalue weighted by Gasteiger charge is 2.50. The van der Waals surface area contributed by atoms with Crippen molar-refractivity contribution in [3.05, 3.63) is 11.7 Å². The molecule has 5 unspecified atom stereocenters. The molecular weight excluding hydrogens is 292 g/mol. The minimum Gasteiger partial charge on any atom is -0.342 e. The minimum absolute atomic E-state index is 0.0694. The van der Waals surface area contributed by atoms with Gasteiger partial charge in [0.2, 0.25) is 11.8 Å². The number of amides is 1. The lowest BCUT2D eigenvalue weighted by Crippen LogP contribution is -2.50. The normalized spacial score (nSPS) is 36.6. The van der Waals surface area contributed by atoms with Crippen LogP contribution in [0.4, 0.5) is 0 Å². The molecule has 126 valence electrons. The molecule has 6 nitrogen and oxygen atoms in total. The Morgan fingerprint density at radius 2 is 2.17 bits per heavy atom. The van der Waals surface area contributed by atoms with Crippen LogP contribution in [0.1, 0.15) is 43.8 Å². The van der Waals surface area contributed by atoms with Crippen LogP contribution in [0.3, 0.4) is 0 Å². The van der Waals surface area contributed by atoms with Crippen molar-refractivity contribution < 1.29 is 9.32 Å². The molecule has 23 heavy (non-hydrogen) atoms. The summed E-state index contributed by atoms with van der Waals surface area (Å²) in [4.78, 5) is 19.4. The predicted octanol–water partition coefficient (Wildman–Crippen LogP) is 1.53. The summed E-state index contributed by atoms with van der Waals surface area (Å²) in [6.45, 7) is 3.50.